The molecule has 3 N–H and O–H groups in total. The number of amides is 1. The first-order valence-electron chi connectivity index (χ1n) is 11.1. The van der Waals surface area contributed by atoms with Gasteiger partial charge in [0.15, 0.2) is 16.3 Å². The number of nitrogens with zero attached hydrogens (tertiary/aromatic N) is 6. The Morgan fingerprint density at radius 3 is 2.59 bits per heavy atom. The third-order valence-electron chi connectivity index (χ3n) is 6.43. The summed E-state index contributed by atoms with van der Waals surface area (Å²) >= 11 is 1.56. The quantitative estimate of drug-likeness (QED) is 0.388. The average Bonchev–Trinajstić information content (AvgIpc) is 3.43. The second kappa shape index (κ2) is 8.67. The van der Waals surface area contributed by atoms with E-state index in [9.17, 15) is 14.4 Å². The molecule has 1 fully saturated rings. The molecular weight excluding hydrogens is 456 g/mol. The summed E-state index contributed by atoms with van der Waals surface area (Å²) in [5.41, 5.74) is 7.32. The second-order valence-electron chi connectivity index (χ2n) is 8.51. The van der Waals surface area contributed by atoms with Crippen LogP contribution in [0.15, 0.2) is 39.0 Å². The number of rotatable bonds is 6. The fraction of sp³-hybridized carbons (Fsp3) is 0.409. The summed E-state index contributed by atoms with van der Waals surface area (Å²) in [6.07, 6.45) is 1.26. The minimum absolute atomic E-state index is 0.157. The Kier molecular flexibility index (Phi) is 5.68. The summed E-state index contributed by atoms with van der Waals surface area (Å²) < 4.78 is 4.40. The molecule has 1 aliphatic rings. The van der Waals surface area contributed by atoms with E-state index in [0.29, 0.717) is 55.3 Å². The Labute approximate surface area is 198 Å². The SMILES string of the molecule is Cn1c(=O)c2c(nc(N3CCC(C(N)=O)CC3)n2CCSc2nc3ccccc3[nH]2)n(C)c1=O. The smallest absolute Gasteiger partial charge is 0.332 e. The molecule has 0 unspecified atom stereocenters. The normalized spacial score (nSPS) is 14.9. The highest BCUT2D eigenvalue weighted by Gasteiger charge is 2.28. The molecule has 0 aliphatic carbocycles. The highest BCUT2D eigenvalue weighted by molar-refractivity contribution is 7.99. The lowest BCUT2D eigenvalue weighted by Gasteiger charge is -2.31. The summed E-state index contributed by atoms with van der Waals surface area (Å²) in [7, 11) is 3.09. The average molecular weight is 483 g/mol. The zero-order valence-electron chi connectivity index (χ0n) is 19.0. The topological polar surface area (TPSA) is 137 Å². The standard InChI is InChI=1S/C22H26N8O3S/c1-27-18-16(19(32)28(2)22(27)33)30(21(26-18)29-9-7-13(8-10-29)17(23)31)11-12-34-20-24-14-5-3-4-6-15(14)25-20/h3-6,13H,7-12H2,1-2H3,(H2,23,31)(H,24,25). The monoisotopic (exact) mass is 482 g/mol. The van der Waals surface area contributed by atoms with Gasteiger partial charge in [-0.3, -0.25) is 18.7 Å². The van der Waals surface area contributed by atoms with Gasteiger partial charge in [0.25, 0.3) is 5.56 Å². The van der Waals surface area contributed by atoms with Gasteiger partial charge in [-0.15, -0.1) is 0 Å². The van der Waals surface area contributed by atoms with Crippen molar-refractivity contribution in [3.05, 3.63) is 45.1 Å². The number of fused-ring (bicyclic) bond motifs is 2. The molecule has 0 radical (unpaired) electrons. The minimum atomic E-state index is -0.419. The molecule has 4 heterocycles. The fourth-order valence-electron chi connectivity index (χ4n) is 4.48. The Morgan fingerprint density at radius 1 is 1.15 bits per heavy atom. The first-order chi connectivity index (χ1) is 16.3. The van der Waals surface area contributed by atoms with Crippen LogP contribution in [0, 0.1) is 5.92 Å². The van der Waals surface area contributed by atoms with Crippen LogP contribution >= 0.6 is 11.8 Å². The summed E-state index contributed by atoms with van der Waals surface area (Å²) in [6, 6.07) is 7.84. The van der Waals surface area contributed by atoms with Crippen molar-refractivity contribution in [2.24, 2.45) is 25.7 Å². The maximum atomic E-state index is 13.1. The van der Waals surface area contributed by atoms with E-state index in [4.69, 9.17) is 10.7 Å². The van der Waals surface area contributed by atoms with E-state index in [1.165, 1.54) is 11.6 Å². The van der Waals surface area contributed by atoms with Crippen molar-refractivity contribution in [2.45, 2.75) is 24.5 Å². The number of hydrogen-bond donors (Lipinski definition) is 2. The van der Waals surface area contributed by atoms with Gasteiger partial charge in [-0.1, -0.05) is 23.9 Å². The number of primary amides is 1. The van der Waals surface area contributed by atoms with Crippen molar-refractivity contribution in [3.63, 3.8) is 0 Å². The molecule has 34 heavy (non-hydrogen) atoms. The van der Waals surface area contributed by atoms with Crippen LogP contribution in [0.1, 0.15) is 12.8 Å². The Bertz CT molecular complexity index is 1470. The van der Waals surface area contributed by atoms with Gasteiger partial charge < -0.3 is 20.2 Å². The predicted octanol–water partition coefficient (Wildman–Crippen LogP) is 0.804. The summed E-state index contributed by atoms with van der Waals surface area (Å²) in [5.74, 6) is 0.824. The number of aryl methyl sites for hydroxylation is 2. The summed E-state index contributed by atoms with van der Waals surface area (Å²) in [4.78, 5) is 51.9. The predicted molar refractivity (Wildman–Crippen MR) is 131 cm³/mol. The first-order valence-corrected chi connectivity index (χ1v) is 12.1. The number of hydrogen-bond acceptors (Lipinski definition) is 7. The first kappa shape index (κ1) is 22.3. The maximum Gasteiger partial charge on any atom is 0.332 e. The van der Waals surface area contributed by atoms with E-state index in [1.54, 1.807) is 18.8 Å². The zero-order chi connectivity index (χ0) is 24.0. The second-order valence-corrected chi connectivity index (χ2v) is 9.60. The molecule has 1 aromatic carbocycles. The number of thioether (sulfide) groups is 1. The molecule has 1 aliphatic heterocycles. The van der Waals surface area contributed by atoms with Crippen molar-refractivity contribution >= 4 is 45.8 Å². The van der Waals surface area contributed by atoms with Gasteiger partial charge in [0.05, 0.1) is 11.0 Å². The van der Waals surface area contributed by atoms with Gasteiger partial charge >= 0.3 is 5.69 Å². The molecule has 0 bridgehead atoms. The van der Waals surface area contributed by atoms with Crippen molar-refractivity contribution in [2.75, 3.05) is 23.7 Å². The molecule has 5 rings (SSSR count). The van der Waals surface area contributed by atoms with Crippen LogP contribution in [0.3, 0.4) is 0 Å². The van der Waals surface area contributed by atoms with Crippen molar-refractivity contribution in [3.8, 4) is 0 Å². The fourth-order valence-corrected chi connectivity index (χ4v) is 5.30. The number of benzene rings is 1. The zero-order valence-corrected chi connectivity index (χ0v) is 19.8. The molecule has 11 nitrogen and oxygen atoms in total. The van der Waals surface area contributed by atoms with E-state index in [-0.39, 0.29) is 17.4 Å². The van der Waals surface area contributed by atoms with Gasteiger partial charge in [-0.05, 0) is 25.0 Å². The third-order valence-corrected chi connectivity index (χ3v) is 7.28. The molecule has 4 aromatic rings. The number of carbonyl (C=O) groups is 1. The van der Waals surface area contributed by atoms with E-state index in [1.807, 2.05) is 28.8 Å². The molecule has 1 amide bonds. The molecule has 0 atom stereocenters. The van der Waals surface area contributed by atoms with Gasteiger partial charge in [-0.2, -0.15) is 4.98 Å². The van der Waals surface area contributed by atoms with Crippen molar-refractivity contribution in [1.82, 2.24) is 28.7 Å². The number of aromatic nitrogens is 6. The van der Waals surface area contributed by atoms with E-state index in [0.717, 1.165) is 20.8 Å². The summed E-state index contributed by atoms with van der Waals surface area (Å²) in [5, 5.41) is 0.801. The molecule has 0 spiro atoms. The van der Waals surface area contributed by atoms with Gasteiger partial charge in [0.1, 0.15) is 0 Å². The number of carbonyl (C=O) groups excluding carboxylic acids is 1. The number of piperidine rings is 1. The molecule has 12 heteroatoms. The highest BCUT2D eigenvalue weighted by Crippen LogP contribution is 2.27. The van der Waals surface area contributed by atoms with E-state index in [2.05, 4.69) is 14.9 Å². The number of aromatic amines is 1. The summed E-state index contributed by atoms with van der Waals surface area (Å²) in [6.45, 7) is 1.69. The van der Waals surface area contributed by atoms with Crippen LogP contribution in [-0.4, -0.2) is 53.4 Å². The molecule has 3 aromatic heterocycles. The van der Waals surface area contributed by atoms with Crippen LogP contribution in [-0.2, 0) is 25.4 Å². The molecular formula is C22H26N8O3S. The van der Waals surface area contributed by atoms with Gasteiger partial charge in [0, 0.05) is 45.4 Å². The molecule has 1 saturated heterocycles. The number of anilines is 1. The highest BCUT2D eigenvalue weighted by atomic mass is 32.2. The van der Waals surface area contributed by atoms with Crippen LogP contribution < -0.4 is 21.9 Å². The molecule has 178 valence electrons. The van der Waals surface area contributed by atoms with Crippen molar-refractivity contribution < 1.29 is 4.79 Å². The van der Waals surface area contributed by atoms with Crippen LogP contribution in [0.4, 0.5) is 5.95 Å². The number of nitrogens with two attached hydrogens (primary N) is 1. The molecule has 0 saturated carbocycles. The van der Waals surface area contributed by atoms with Crippen LogP contribution in [0.5, 0.6) is 0 Å². The van der Waals surface area contributed by atoms with Crippen molar-refractivity contribution in [1.29, 1.82) is 0 Å². The third kappa shape index (κ3) is 3.77. The Morgan fingerprint density at radius 2 is 1.88 bits per heavy atom. The lowest BCUT2D eigenvalue weighted by molar-refractivity contribution is -0.122. The largest absolute Gasteiger partial charge is 0.369 e. The number of H-pyrrole nitrogens is 1. The lowest BCUT2D eigenvalue weighted by atomic mass is 9.96. The van der Waals surface area contributed by atoms with E-state index >= 15 is 0 Å². The minimum Gasteiger partial charge on any atom is -0.369 e. The van der Waals surface area contributed by atoms with Gasteiger partial charge in [0.2, 0.25) is 11.9 Å². The van der Waals surface area contributed by atoms with Crippen LogP contribution in [0.2, 0.25) is 0 Å². The Balaban J connectivity index is 1.49. The number of imidazole rings is 2. The van der Waals surface area contributed by atoms with Crippen LogP contribution in [0.25, 0.3) is 22.2 Å². The number of nitrogens with one attached hydrogen (secondary N) is 1. The number of para-hydroxylation sites is 2. The Hall–Kier alpha value is -3.54. The lowest BCUT2D eigenvalue weighted by Crippen LogP contribution is -2.40. The van der Waals surface area contributed by atoms with E-state index < -0.39 is 5.69 Å². The van der Waals surface area contributed by atoms with Gasteiger partial charge in [-0.25, -0.2) is 9.78 Å². The maximum absolute atomic E-state index is 13.1.